The minimum Gasteiger partial charge on any atom is -0.489 e. The van der Waals surface area contributed by atoms with Gasteiger partial charge in [0.25, 0.3) is 11.8 Å². The molecule has 0 bridgehead atoms. The number of nitrogens with zero attached hydrogens (tertiary/aromatic N) is 1. The molecule has 2 N–H and O–H groups in total. The lowest BCUT2D eigenvalue weighted by Gasteiger charge is -2.20. The second-order valence-electron chi connectivity index (χ2n) is 7.89. The van der Waals surface area contributed by atoms with E-state index in [1.54, 1.807) is 44.2 Å². The van der Waals surface area contributed by atoms with Crippen molar-refractivity contribution in [1.29, 1.82) is 0 Å². The molecule has 176 valence electrons. The first kappa shape index (κ1) is 24.9. The van der Waals surface area contributed by atoms with Crippen molar-refractivity contribution in [3.63, 3.8) is 0 Å². The van der Waals surface area contributed by atoms with E-state index in [0.29, 0.717) is 17.4 Å². The molecule has 34 heavy (non-hydrogen) atoms. The van der Waals surface area contributed by atoms with E-state index in [4.69, 9.17) is 16.3 Å². The Labute approximate surface area is 202 Å². The maximum absolute atomic E-state index is 13.9. The largest absolute Gasteiger partial charge is 0.489 e. The van der Waals surface area contributed by atoms with Crippen LogP contribution in [0.3, 0.4) is 0 Å². The number of benzene rings is 3. The van der Waals surface area contributed by atoms with Gasteiger partial charge in [0.15, 0.2) is 0 Å². The number of hydrogen-bond acceptors (Lipinski definition) is 4. The lowest BCUT2D eigenvalue weighted by molar-refractivity contribution is -0.123. The van der Waals surface area contributed by atoms with Crippen LogP contribution in [0, 0.1) is 11.7 Å². The molecule has 3 aromatic carbocycles. The maximum Gasteiger partial charge on any atom is 0.262 e. The van der Waals surface area contributed by atoms with Gasteiger partial charge < -0.3 is 10.1 Å². The van der Waals surface area contributed by atoms with Gasteiger partial charge in [0.05, 0.1) is 11.8 Å². The molecule has 0 aliphatic rings. The highest BCUT2D eigenvalue weighted by Gasteiger charge is 2.25. The molecule has 0 saturated heterocycles. The molecular weight excluding hydrogens is 457 g/mol. The van der Waals surface area contributed by atoms with Crippen molar-refractivity contribution in [3.05, 3.63) is 100 Å². The van der Waals surface area contributed by atoms with E-state index in [-0.39, 0.29) is 11.5 Å². The van der Waals surface area contributed by atoms with Crippen molar-refractivity contribution >= 4 is 29.6 Å². The number of ether oxygens (including phenoxy) is 1. The van der Waals surface area contributed by atoms with Crippen LogP contribution in [-0.4, -0.2) is 24.1 Å². The number of carbonyl (C=O) groups is 2. The number of carbonyl (C=O) groups excluding carboxylic acids is 2. The van der Waals surface area contributed by atoms with Crippen molar-refractivity contribution in [2.75, 3.05) is 0 Å². The molecule has 6 nitrogen and oxygen atoms in total. The molecule has 1 atom stereocenters. The lowest BCUT2D eigenvalue weighted by Crippen LogP contribution is -2.48. The summed E-state index contributed by atoms with van der Waals surface area (Å²) in [7, 11) is 0. The summed E-state index contributed by atoms with van der Waals surface area (Å²) in [6, 6.07) is 19.3. The van der Waals surface area contributed by atoms with E-state index >= 15 is 0 Å². The molecule has 8 heteroatoms. The molecule has 0 aromatic heterocycles. The molecular formula is C26H25ClFN3O3. The lowest BCUT2D eigenvalue weighted by atomic mass is 10.0. The zero-order valence-corrected chi connectivity index (χ0v) is 19.6. The Morgan fingerprint density at radius 2 is 1.71 bits per heavy atom. The number of amides is 2. The minimum absolute atomic E-state index is 0.122. The van der Waals surface area contributed by atoms with Gasteiger partial charge in [-0.1, -0.05) is 49.7 Å². The van der Waals surface area contributed by atoms with Crippen molar-refractivity contribution in [2.24, 2.45) is 11.0 Å². The second kappa shape index (κ2) is 12.0. The quantitative estimate of drug-likeness (QED) is 0.335. The molecule has 2 amide bonds. The zero-order chi connectivity index (χ0) is 24.5. The van der Waals surface area contributed by atoms with Gasteiger partial charge in [-0.3, -0.25) is 9.59 Å². The fourth-order valence-electron chi connectivity index (χ4n) is 3.04. The Morgan fingerprint density at radius 1 is 1.03 bits per heavy atom. The molecule has 0 heterocycles. The third-order valence-corrected chi connectivity index (χ3v) is 5.19. The van der Waals surface area contributed by atoms with Crippen LogP contribution in [0.25, 0.3) is 0 Å². The van der Waals surface area contributed by atoms with Crippen molar-refractivity contribution < 1.29 is 18.7 Å². The van der Waals surface area contributed by atoms with Gasteiger partial charge >= 0.3 is 0 Å². The first-order valence-corrected chi connectivity index (χ1v) is 11.1. The zero-order valence-electron chi connectivity index (χ0n) is 18.8. The number of rotatable bonds is 9. The Kier molecular flexibility index (Phi) is 8.76. The second-order valence-corrected chi connectivity index (χ2v) is 8.33. The number of halogens is 2. The van der Waals surface area contributed by atoms with Gasteiger partial charge in [0.1, 0.15) is 24.2 Å². The molecule has 1 unspecified atom stereocenters. The van der Waals surface area contributed by atoms with Gasteiger partial charge in [-0.05, 0) is 65.6 Å². The smallest absolute Gasteiger partial charge is 0.262 e. The molecule has 3 aromatic rings. The van der Waals surface area contributed by atoms with Crippen molar-refractivity contribution in [1.82, 2.24) is 10.7 Å². The van der Waals surface area contributed by atoms with E-state index in [9.17, 15) is 14.0 Å². The molecule has 0 radical (unpaired) electrons. The fourth-order valence-corrected chi connectivity index (χ4v) is 3.16. The van der Waals surface area contributed by atoms with Gasteiger partial charge in [0, 0.05) is 5.02 Å². The van der Waals surface area contributed by atoms with Crippen LogP contribution >= 0.6 is 11.6 Å². The van der Waals surface area contributed by atoms with Crippen LogP contribution < -0.4 is 15.5 Å². The Bertz CT molecular complexity index is 1150. The van der Waals surface area contributed by atoms with E-state index in [1.807, 2.05) is 24.3 Å². The molecule has 3 rings (SSSR count). The Balaban J connectivity index is 1.53. The number of hydrazone groups is 1. The maximum atomic E-state index is 13.9. The summed E-state index contributed by atoms with van der Waals surface area (Å²) in [6.07, 6.45) is 1.48. The van der Waals surface area contributed by atoms with Crippen LogP contribution in [0.2, 0.25) is 5.02 Å². The van der Waals surface area contributed by atoms with Crippen molar-refractivity contribution in [2.45, 2.75) is 26.5 Å². The molecule has 0 aliphatic heterocycles. The minimum atomic E-state index is -0.882. The fraction of sp³-hybridized carbons (Fsp3) is 0.192. The predicted molar refractivity (Wildman–Crippen MR) is 130 cm³/mol. The summed E-state index contributed by atoms with van der Waals surface area (Å²) in [6.45, 7) is 3.96. The summed E-state index contributed by atoms with van der Waals surface area (Å²) in [4.78, 5) is 24.9. The third kappa shape index (κ3) is 7.15. The average molecular weight is 482 g/mol. The Morgan fingerprint density at radius 3 is 2.35 bits per heavy atom. The highest BCUT2D eigenvalue weighted by molar-refractivity contribution is 6.30. The van der Waals surface area contributed by atoms with Gasteiger partial charge in [-0.2, -0.15) is 5.10 Å². The first-order valence-electron chi connectivity index (χ1n) is 10.7. The van der Waals surface area contributed by atoms with Gasteiger partial charge in [0.2, 0.25) is 0 Å². The van der Waals surface area contributed by atoms with Crippen LogP contribution in [-0.2, 0) is 11.4 Å². The van der Waals surface area contributed by atoms with E-state index < -0.39 is 23.7 Å². The summed E-state index contributed by atoms with van der Waals surface area (Å²) < 4.78 is 19.6. The topological polar surface area (TPSA) is 79.8 Å². The third-order valence-electron chi connectivity index (χ3n) is 4.94. The monoisotopic (exact) mass is 481 g/mol. The Hall–Kier alpha value is -3.71. The van der Waals surface area contributed by atoms with Gasteiger partial charge in [-0.15, -0.1) is 0 Å². The first-order chi connectivity index (χ1) is 16.3. The molecule has 0 spiro atoms. The standard InChI is InChI=1S/C26H25ClFN3O3/c1-17(2)24(30-25(32)22-5-3-4-6-23(22)28)26(33)31-29-15-18-9-13-21(14-10-18)34-16-19-7-11-20(27)12-8-19/h3-15,17,24H,16H2,1-2H3,(H,30,32)(H,31,33). The summed E-state index contributed by atoms with van der Waals surface area (Å²) >= 11 is 5.88. The number of nitrogens with one attached hydrogen (secondary N) is 2. The van der Waals surface area contributed by atoms with E-state index in [1.165, 1.54) is 24.4 Å². The van der Waals surface area contributed by atoms with E-state index in [2.05, 4.69) is 15.8 Å². The molecule has 0 aliphatic carbocycles. The SMILES string of the molecule is CC(C)C(NC(=O)c1ccccc1F)C(=O)NN=Cc1ccc(OCc2ccc(Cl)cc2)cc1. The average Bonchev–Trinajstić information content (AvgIpc) is 2.83. The van der Waals surface area contributed by atoms with Crippen LogP contribution in [0.5, 0.6) is 5.75 Å². The number of hydrogen-bond donors (Lipinski definition) is 2. The van der Waals surface area contributed by atoms with E-state index in [0.717, 1.165) is 11.1 Å². The highest BCUT2D eigenvalue weighted by Crippen LogP contribution is 2.15. The highest BCUT2D eigenvalue weighted by atomic mass is 35.5. The van der Waals surface area contributed by atoms with Crippen LogP contribution in [0.1, 0.15) is 35.3 Å². The van der Waals surface area contributed by atoms with Gasteiger partial charge in [-0.25, -0.2) is 9.82 Å². The van der Waals surface area contributed by atoms with Crippen LogP contribution in [0.15, 0.2) is 77.9 Å². The summed E-state index contributed by atoms with van der Waals surface area (Å²) in [5.74, 6) is -1.36. The normalized spacial score (nSPS) is 11.9. The van der Waals surface area contributed by atoms with Crippen molar-refractivity contribution in [3.8, 4) is 5.75 Å². The predicted octanol–water partition coefficient (Wildman–Crippen LogP) is 4.96. The molecule has 0 fully saturated rings. The summed E-state index contributed by atoms with van der Waals surface area (Å²) in [5.41, 5.74) is 4.05. The van der Waals surface area contributed by atoms with Crippen LogP contribution in [0.4, 0.5) is 4.39 Å². The molecule has 0 saturated carbocycles. The summed E-state index contributed by atoms with van der Waals surface area (Å²) in [5, 5.41) is 7.21.